The zero-order valence-corrected chi connectivity index (χ0v) is 14.4. The summed E-state index contributed by atoms with van der Waals surface area (Å²) in [5.74, 6) is -0.608. The molecule has 2 amide bonds. The number of hydrogen-bond acceptors (Lipinski definition) is 3. The van der Waals surface area contributed by atoms with Crippen molar-refractivity contribution in [1.29, 1.82) is 0 Å². The van der Waals surface area contributed by atoms with Gasteiger partial charge in [0.25, 0.3) is 5.91 Å². The monoisotopic (exact) mass is 338 g/mol. The van der Waals surface area contributed by atoms with Crippen molar-refractivity contribution < 1.29 is 14.7 Å². The van der Waals surface area contributed by atoms with Crippen molar-refractivity contribution >= 4 is 11.8 Å². The summed E-state index contributed by atoms with van der Waals surface area (Å²) in [5, 5.41) is 15.6. The number of nitrogens with one attached hydrogen (secondary N) is 2. The first-order chi connectivity index (χ1) is 12.0. The van der Waals surface area contributed by atoms with Crippen LogP contribution in [0.1, 0.15) is 38.7 Å². The summed E-state index contributed by atoms with van der Waals surface area (Å²) in [4.78, 5) is 24.3. The predicted octanol–water partition coefficient (Wildman–Crippen LogP) is 1.81. The number of aliphatic hydroxyl groups excluding tert-OH is 1. The molecule has 2 aromatic carbocycles. The summed E-state index contributed by atoms with van der Waals surface area (Å²) in [6.07, 6.45) is -0.118. The van der Waals surface area contributed by atoms with Crippen LogP contribution < -0.4 is 10.6 Å². The van der Waals surface area contributed by atoms with Crippen LogP contribution in [0, 0.1) is 13.8 Å². The maximum Gasteiger partial charge on any atom is 0.251 e. The number of hydrogen-bond donors (Lipinski definition) is 3. The van der Waals surface area contributed by atoms with Crippen LogP contribution in [0.25, 0.3) is 0 Å². The summed E-state index contributed by atoms with van der Waals surface area (Å²) < 4.78 is 0. The minimum absolute atomic E-state index is 0.128. The molecule has 3 N–H and O–H groups in total. The molecule has 25 heavy (non-hydrogen) atoms. The van der Waals surface area contributed by atoms with E-state index in [1.807, 2.05) is 44.2 Å². The summed E-state index contributed by atoms with van der Waals surface area (Å²) in [5.41, 5.74) is 4.65. The van der Waals surface area contributed by atoms with Gasteiger partial charge >= 0.3 is 0 Å². The second kappa shape index (κ2) is 7.07. The molecule has 0 aromatic heterocycles. The van der Waals surface area contributed by atoms with Crippen LogP contribution in [0.2, 0.25) is 0 Å². The molecule has 3 rings (SSSR count). The highest BCUT2D eigenvalue weighted by Gasteiger charge is 2.31. The van der Waals surface area contributed by atoms with E-state index in [0.717, 1.165) is 22.3 Å². The van der Waals surface area contributed by atoms with Gasteiger partial charge in [-0.15, -0.1) is 0 Å². The number of rotatable bonds is 4. The number of carbonyl (C=O) groups is 2. The van der Waals surface area contributed by atoms with Crippen molar-refractivity contribution in [3.63, 3.8) is 0 Å². The van der Waals surface area contributed by atoms with Gasteiger partial charge in [0.2, 0.25) is 5.91 Å². The largest absolute Gasteiger partial charge is 0.390 e. The van der Waals surface area contributed by atoms with E-state index in [2.05, 4.69) is 10.6 Å². The van der Waals surface area contributed by atoms with Gasteiger partial charge < -0.3 is 15.7 Å². The van der Waals surface area contributed by atoms with Gasteiger partial charge in [-0.1, -0.05) is 30.3 Å². The average molecular weight is 338 g/mol. The Balaban J connectivity index is 1.58. The Hall–Kier alpha value is -2.66. The van der Waals surface area contributed by atoms with E-state index in [0.29, 0.717) is 12.0 Å². The first-order valence-electron chi connectivity index (χ1n) is 8.36. The second-order valence-corrected chi connectivity index (χ2v) is 6.50. The van der Waals surface area contributed by atoms with Crippen LogP contribution in [-0.4, -0.2) is 29.6 Å². The summed E-state index contributed by atoms with van der Waals surface area (Å²) in [6.45, 7) is 3.80. The van der Waals surface area contributed by atoms with Crippen LogP contribution in [0.15, 0.2) is 42.5 Å². The maximum atomic E-state index is 12.2. The van der Waals surface area contributed by atoms with Gasteiger partial charge in [0.05, 0.1) is 18.7 Å². The molecule has 2 unspecified atom stereocenters. The molecule has 0 aliphatic heterocycles. The lowest BCUT2D eigenvalue weighted by molar-refractivity contribution is -0.121. The van der Waals surface area contributed by atoms with Gasteiger partial charge in [0, 0.05) is 12.0 Å². The molecule has 0 saturated carbocycles. The van der Waals surface area contributed by atoms with Crippen molar-refractivity contribution in [2.45, 2.75) is 32.4 Å². The Bertz CT molecular complexity index is 816. The minimum Gasteiger partial charge on any atom is -0.390 e. The third-order valence-electron chi connectivity index (χ3n) is 4.70. The first-order valence-corrected chi connectivity index (χ1v) is 8.36. The molecule has 0 heterocycles. The highest BCUT2D eigenvalue weighted by atomic mass is 16.3. The number of carbonyl (C=O) groups excluding carboxylic acids is 2. The molecule has 1 aliphatic carbocycles. The summed E-state index contributed by atoms with van der Waals surface area (Å²) >= 11 is 0. The van der Waals surface area contributed by atoms with Gasteiger partial charge in [-0.3, -0.25) is 9.59 Å². The number of aliphatic hydroxyl groups is 1. The number of benzene rings is 2. The fourth-order valence-corrected chi connectivity index (χ4v) is 3.12. The highest BCUT2D eigenvalue weighted by molar-refractivity contribution is 5.96. The highest BCUT2D eigenvalue weighted by Crippen LogP contribution is 2.30. The quantitative estimate of drug-likeness (QED) is 0.795. The van der Waals surface area contributed by atoms with Crippen LogP contribution in [0.4, 0.5) is 0 Å². The Morgan fingerprint density at radius 2 is 1.88 bits per heavy atom. The van der Waals surface area contributed by atoms with Crippen molar-refractivity contribution in [1.82, 2.24) is 10.6 Å². The summed E-state index contributed by atoms with van der Waals surface area (Å²) in [6, 6.07) is 12.7. The third kappa shape index (κ3) is 3.72. The normalized spacial score (nSPS) is 18.5. The smallest absolute Gasteiger partial charge is 0.251 e. The molecular weight excluding hydrogens is 316 g/mol. The van der Waals surface area contributed by atoms with E-state index in [1.54, 1.807) is 12.1 Å². The van der Waals surface area contributed by atoms with Gasteiger partial charge in [0.1, 0.15) is 0 Å². The SMILES string of the molecule is Cc1ccc(C(=O)NCC(=O)NC2c3ccccc3CC2O)cc1C. The molecule has 2 aromatic rings. The van der Waals surface area contributed by atoms with E-state index in [4.69, 9.17) is 0 Å². The molecule has 0 spiro atoms. The third-order valence-corrected chi connectivity index (χ3v) is 4.70. The number of aryl methyl sites for hydroxylation is 2. The van der Waals surface area contributed by atoms with E-state index < -0.39 is 12.1 Å². The number of fused-ring (bicyclic) bond motifs is 1. The van der Waals surface area contributed by atoms with Gasteiger partial charge in [0.15, 0.2) is 0 Å². The molecule has 0 fully saturated rings. The van der Waals surface area contributed by atoms with Crippen molar-refractivity contribution in [3.8, 4) is 0 Å². The molecule has 5 nitrogen and oxygen atoms in total. The lowest BCUT2D eigenvalue weighted by Gasteiger charge is -2.18. The van der Waals surface area contributed by atoms with Crippen molar-refractivity contribution in [3.05, 3.63) is 70.3 Å². The predicted molar refractivity (Wildman–Crippen MR) is 95.3 cm³/mol. The minimum atomic E-state index is -0.642. The van der Waals surface area contributed by atoms with E-state index >= 15 is 0 Å². The molecule has 0 bridgehead atoms. The Morgan fingerprint density at radius 1 is 1.12 bits per heavy atom. The fourth-order valence-electron chi connectivity index (χ4n) is 3.12. The summed E-state index contributed by atoms with van der Waals surface area (Å²) in [7, 11) is 0. The van der Waals surface area contributed by atoms with Crippen LogP contribution in [0.5, 0.6) is 0 Å². The van der Waals surface area contributed by atoms with Gasteiger partial charge in [-0.05, 0) is 48.2 Å². The molecule has 2 atom stereocenters. The topological polar surface area (TPSA) is 78.4 Å². The van der Waals surface area contributed by atoms with E-state index in [-0.39, 0.29) is 18.4 Å². The first kappa shape index (κ1) is 17.2. The Kier molecular flexibility index (Phi) is 4.86. The van der Waals surface area contributed by atoms with E-state index in [1.165, 1.54) is 0 Å². The second-order valence-electron chi connectivity index (χ2n) is 6.50. The van der Waals surface area contributed by atoms with E-state index in [9.17, 15) is 14.7 Å². The van der Waals surface area contributed by atoms with Crippen molar-refractivity contribution in [2.24, 2.45) is 0 Å². The molecule has 5 heteroatoms. The van der Waals surface area contributed by atoms with Crippen LogP contribution in [-0.2, 0) is 11.2 Å². The molecule has 1 aliphatic rings. The Labute approximate surface area is 147 Å². The fraction of sp³-hybridized carbons (Fsp3) is 0.300. The average Bonchev–Trinajstić information content (AvgIpc) is 2.91. The molecule has 0 saturated heterocycles. The molecule has 0 radical (unpaired) electrons. The van der Waals surface area contributed by atoms with Crippen LogP contribution >= 0.6 is 0 Å². The van der Waals surface area contributed by atoms with Crippen molar-refractivity contribution in [2.75, 3.05) is 6.54 Å². The van der Waals surface area contributed by atoms with Crippen LogP contribution in [0.3, 0.4) is 0 Å². The standard InChI is InChI=1S/C20H22N2O3/c1-12-7-8-15(9-13(12)2)20(25)21-11-18(24)22-19-16-6-4-3-5-14(16)10-17(19)23/h3-9,17,19,23H,10-11H2,1-2H3,(H,21,25)(H,22,24). The molecular formula is C20H22N2O3. The van der Waals surface area contributed by atoms with Gasteiger partial charge in [-0.2, -0.15) is 0 Å². The van der Waals surface area contributed by atoms with Gasteiger partial charge in [-0.25, -0.2) is 0 Å². The zero-order chi connectivity index (χ0) is 18.0. The zero-order valence-electron chi connectivity index (χ0n) is 14.4. The molecule has 130 valence electrons. The maximum absolute atomic E-state index is 12.2. The lowest BCUT2D eigenvalue weighted by atomic mass is 10.1. The Morgan fingerprint density at radius 3 is 2.64 bits per heavy atom. The number of amides is 2. The lowest BCUT2D eigenvalue weighted by Crippen LogP contribution is -2.41.